The lowest BCUT2D eigenvalue weighted by atomic mass is 9.87. The van der Waals surface area contributed by atoms with Crippen LogP contribution in [-0.4, -0.2) is 26.5 Å². The largest absolute Gasteiger partial charge is 0.378 e. The number of anilines is 1. The molecule has 0 atom stereocenters. The highest BCUT2D eigenvalue weighted by Gasteiger charge is 2.16. The second kappa shape index (κ2) is 8.48. The van der Waals surface area contributed by atoms with Crippen molar-refractivity contribution in [3.63, 3.8) is 0 Å². The minimum atomic E-state index is 0.143. The third-order valence-corrected chi connectivity index (χ3v) is 4.19. The molecular weight excluding hydrogens is 272 g/mol. The zero-order valence-electron chi connectivity index (χ0n) is 13.7. The van der Waals surface area contributed by atoms with Gasteiger partial charge in [0.2, 0.25) is 5.91 Å². The van der Waals surface area contributed by atoms with E-state index in [4.69, 9.17) is 0 Å². The van der Waals surface area contributed by atoms with Crippen molar-refractivity contribution in [1.82, 2.24) is 5.32 Å². The first-order chi connectivity index (χ1) is 10.6. The van der Waals surface area contributed by atoms with Crippen molar-refractivity contribution in [2.75, 3.05) is 25.5 Å². The van der Waals surface area contributed by atoms with Crippen LogP contribution >= 0.6 is 0 Å². The Morgan fingerprint density at radius 2 is 1.86 bits per heavy atom. The number of benzene rings is 1. The summed E-state index contributed by atoms with van der Waals surface area (Å²) in [5.41, 5.74) is 2.14. The predicted molar refractivity (Wildman–Crippen MR) is 91.8 cm³/mol. The highest BCUT2D eigenvalue weighted by Crippen LogP contribution is 2.25. The number of hydrogen-bond acceptors (Lipinski definition) is 2. The average Bonchev–Trinajstić information content (AvgIpc) is 2.53. The molecule has 1 fully saturated rings. The summed E-state index contributed by atoms with van der Waals surface area (Å²) in [6.45, 7) is 0.432. The first-order valence-electron chi connectivity index (χ1n) is 8.18. The molecule has 0 saturated heterocycles. The molecule has 3 heteroatoms. The summed E-state index contributed by atoms with van der Waals surface area (Å²) in [7, 11) is 4.03. The van der Waals surface area contributed by atoms with Crippen LogP contribution in [0.3, 0.4) is 0 Å². The summed E-state index contributed by atoms with van der Waals surface area (Å²) >= 11 is 0. The standard InChI is InChI=1S/C19H26N2O/c1-21(2)18-12-10-16(11-13-18)9-6-14-20-19(22)15-17-7-4-3-5-8-17/h10-13,17H,3-5,7-8,14-15H2,1-2H3,(H,20,22). The molecule has 22 heavy (non-hydrogen) atoms. The normalized spacial score (nSPS) is 14.8. The molecule has 0 radical (unpaired) electrons. The van der Waals surface area contributed by atoms with Gasteiger partial charge in [0.05, 0.1) is 6.54 Å². The van der Waals surface area contributed by atoms with Crippen molar-refractivity contribution in [3.05, 3.63) is 29.8 Å². The van der Waals surface area contributed by atoms with Crippen LogP contribution in [0.25, 0.3) is 0 Å². The van der Waals surface area contributed by atoms with Crippen LogP contribution in [0.4, 0.5) is 5.69 Å². The molecule has 1 aliphatic carbocycles. The summed E-state index contributed by atoms with van der Waals surface area (Å²) in [5.74, 6) is 6.84. The summed E-state index contributed by atoms with van der Waals surface area (Å²) in [6.07, 6.45) is 6.96. The van der Waals surface area contributed by atoms with E-state index in [9.17, 15) is 4.79 Å². The fourth-order valence-electron chi connectivity index (χ4n) is 2.86. The highest BCUT2D eigenvalue weighted by atomic mass is 16.1. The van der Waals surface area contributed by atoms with Crippen LogP contribution in [0.5, 0.6) is 0 Å². The van der Waals surface area contributed by atoms with Crippen LogP contribution in [0.1, 0.15) is 44.1 Å². The van der Waals surface area contributed by atoms with Gasteiger partial charge in [-0.3, -0.25) is 4.79 Å². The van der Waals surface area contributed by atoms with Gasteiger partial charge in [0.15, 0.2) is 0 Å². The maximum Gasteiger partial charge on any atom is 0.221 e. The van der Waals surface area contributed by atoms with E-state index < -0.39 is 0 Å². The molecule has 118 valence electrons. The second-order valence-corrected chi connectivity index (χ2v) is 6.23. The van der Waals surface area contributed by atoms with Crippen LogP contribution < -0.4 is 10.2 Å². The molecule has 1 aliphatic rings. The fourth-order valence-corrected chi connectivity index (χ4v) is 2.86. The van der Waals surface area contributed by atoms with Gasteiger partial charge in [-0.25, -0.2) is 0 Å². The van der Waals surface area contributed by atoms with Crippen molar-refractivity contribution in [3.8, 4) is 11.8 Å². The number of nitrogens with one attached hydrogen (secondary N) is 1. The maximum atomic E-state index is 11.9. The van der Waals surface area contributed by atoms with Gasteiger partial charge in [-0.2, -0.15) is 0 Å². The van der Waals surface area contributed by atoms with Gasteiger partial charge in [-0.15, -0.1) is 0 Å². The molecule has 1 aromatic carbocycles. The topological polar surface area (TPSA) is 32.3 Å². The van der Waals surface area contributed by atoms with Gasteiger partial charge in [0.25, 0.3) is 0 Å². The van der Waals surface area contributed by atoms with Gasteiger partial charge in [0.1, 0.15) is 0 Å². The third kappa shape index (κ3) is 5.44. The molecular formula is C19H26N2O. The average molecular weight is 298 g/mol. The molecule has 2 rings (SSSR count). The van der Waals surface area contributed by atoms with Crippen LogP contribution in [0.15, 0.2) is 24.3 Å². The minimum absolute atomic E-state index is 0.143. The van der Waals surface area contributed by atoms with Crippen LogP contribution in [0, 0.1) is 17.8 Å². The lowest BCUT2D eigenvalue weighted by molar-refractivity contribution is -0.122. The van der Waals surface area contributed by atoms with E-state index in [0.29, 0.717) is 18.9 Å². The van der Waals surface area contributed by atoms with E-state index in [-0.39, 0.29) is 5.91 Å². The Balaban J connectivity index is 1.72. The Kier molecular flexibility index (Phi) is 6.33. The number of hydrogen-bond donors (Lipinski definition) is 1. The molecule has 1 amide bonds. The first kappa shape index (κ1) is 16.4. The summed E-state index contributed by atoms with van der Waals surface area (Å²) in [6, 6.07) is 8.11. The molecule has 0 spiro atoms. The summed E-state index contributed by atoms with van der Waals surface area (Å²) in [5, 5.41) is 2.91. The van der Waals surface area contributed by atoms with E-state index in [0.717, 1.165) is 11.3 Å². The number of carbonyl (C=O) groups is 1. The van der Waals surface area contributed by atoms with Crippen molar-refractivity contribution in [1.29, 1.82) is 0 Å². The summed E-state index contributed by atoms with van der Waals surface area (Å²) in [4.78, 5) is 13.9. The highest BCUT2D eigenvalue weighted by molar-refractivity contribution is 5.76. The Bertz CT molecular complexity index is 531. The summed E-state index contributed by atoms with van der Waals surface area (Å²) < 4.78 is 0. The quantitative estimate of drug-likeness (QED) is 0.866. The van der Waals surface area contributed by atoms with E-state index >= 15 is 0 Å². The number of carbonyl (C=O) groups excluding carboxylic acids is 1. The van der Waals surface area contributed by atoms with Gasteiger partial charge in [-0.1, -0.05) is 31.1 Å². The smallest absolute Gasteiger partial charge is 0.221 e. The Labute approximate surface area is 134 Å². The van der Waals surface area contributed by atoms with Crippen molar-refractivity contribution < 1.29 is 4.79 Å². The third-order valence-electron chi connectivity index (χ3n) is 4.19. The van der Waals surface area contributed by atoms with Gasteiger partial charge < -0.3 is 10.2 Å². The fraction of sp³-hybridized carbons (Fsp3) is 0.526. The van der Waals surface area contributed by atoms with Gasteiger partial charge in [0, 0.05) is 31.8 Å². The molecule has 3 nitrogen and oxygen atoms in total. The lowest BCUT2D eigenvalue weighted by Gasteiger charge is -2.20. The van der Waals surface area contributed by atoms with Gasteiger partial charge in [-0.05, 0) is 43.0 Å². The van der Waals surface area contributed by atoms with Crippen LogP contribution in [-0.2, 0) is 4.79 Å². The molecule has 0 heterocycles. The SMILES string of the molecule is CN(C)c1ccc(C#CCNC(=O)CC2CCCCC2)cc1. The number of rotatable bonds is 4. The Morgan fingerprint density at radius 3 is 2.50 bits per heavy atom. The molecule has 0 aromatic heterocycles. The zero-order chi connectivity index (χ0) is 15.8. The maximum absolute atomic E-state index is 11.9. The monoisotopic (exact) mass is 298 g/mol. The lowest BCUT2D eigenvalue weighted by Crippen LogP contribution is -2.26. The van der Waals surface area contributed by atoms with E-state index in [1.54, 1.807) is 0 Å². The predicted octanol–water partition coefficient (Wildman–Crippen LogP) is 3.19. The Morgan fingerprint density at radius 1 is 1.18 bits per heavy atom. The molecule has 0 aliphatic heterocycles. The van der Waals surface area contributed by atoms with E-state index in [1.807, 2.05) is 38.4 Å². The van der Waals surface area contributed by atoms with Gasteiger partial charge >= 0.3 is 0 Å². The molecule has 1 saturated carbocycles. The van der Waals surface area contributed by atoms with Crippen molar-refractivity contribution in [2.45, 2.75) is 38.5 Å². The second-order valence-electron chi connectivity index (χ2n) is 6.23. The zero-order valence-corrected chi connectivity index (χ0v) is 13.7. The van der Waals surface area contributed by atoms with Crippen LogP contribution in [0.2, 0.25) is 0 Å². The Hall–Kier alpha value is -1.95. The number of nitrogens with zero attached hydrogens (tertiary/aromatic N) is 1. The van der Waals surface area contributed by atoms with Crippen molar-refractivity contribution in [2.24, 2.45) is 5.92 Å². The number of amides is 1. The molecule has 0 unspecified atom stereocenters. The molecule has 1 N–H and O–H groups in total. The molecule has 0 bridgehead atoms. The van der Waals surface area contributed by atoms with E-state index in [1.165, 1.54) is 32.1 Å². The van der Waals surface area contributed by atoms with Crippen molar-refractivity contribution >= 4 is 11.6 Å². The first-order valence-corrected chi connectivity index (χ1v) is 8.18. The molecule has 1 aromatic rings. The van der Waals surface area contributed by atoms with E-state index in [2.05, 4.69) is 22.1 Å². The minimum Gasteiger partial charge on any atom is -0.378 e.